The second kappa shape index (κ2) is 4.58. The van der Waals surface area contributed by atoms with Crippen molar-refractivity contribution in [3.63, 3.8) is 0 Å². The number of nitriles is 1. The molecule has 2 aromatic rings. The van der Waals surface area contributed by atoms with Crippen LogP contribution in [0.4, 0.5) is 5.69 Å². The van der Waals surface area contributed by atoms with E-state index in [-0.39, 0.29) is 0 Å². The van der Waals surface area contributed by atoms with Crippen LogP contribution in [0.15, 0.2) is 42.5 Å². The maximum Gasteiger partial charge on any atom is 0.153 e. The molecule has 0 bridgehead atoms. The van der Waals surface area contributed by atoms with Gasteiger partial charge in [0.15, 0.2) is 5.75 Å². The van der Waals surface area contributed by atoms with Gasteiger partial charge in [-0.25, -0.2) is 0 Å². The van der Waals surface area contributed by atoms with Gasteiger partial charge in [0.2, 0.25) is 0 Å². The maximum atomic E-state index is 8.81. The molecule has 0 aliphatic carbocycles. The van der Waals surface area contributed by atoms with Crippen molar-refractivity contribution in [2.24, 2.45) is 0 Å². The normalized spacial score (nSPS) is 9.65. The number of hydrogen-bond acceptors (Lipinski definition) is 3. The number of anilines is 1. The molecule has 3 nitrogen and oxygen atoms in total. The number of nitrogens with zero attached hydrogens (tertiary/aromatic N) is 1. The van der Waals surface area contributed by atoms with Crippen LogP contribution in [0.5, 0.6) is 11.5 Å². The number of benzene rings is 2. The Labute approximate surface area is 100 Å². The Morgan fingerprint density at radius 2 is 1.94 bits per heavy atom. The van der Waals surface area contributed by atoms with E-state index in [0.29, 0.717) is 22.7 Å². The number of nitrogen functional groups attached to an aromatic ring is 1. The monoisotopic (exact) mass is 224 g/mol. The van der Waals surface area contributed by atoms with Gasteiger partial charge in [0.05, 0.1) is 17.3 Å². The first kappa shape index (κ1) is 11.0. The quantitative estimate of drug-likeness (QED) is 0.796. The molecule has 0 unspecified atom stereocenters. The van der Waals surface area contributed by atoms with Crippen molar-refractivity contribution in [2.75, 3.05) is 5.73 Å². The van der Waals surface area contributed by atoms with Crippen LogP contribution in [0.3, 0.4) is 0 Å². The van der Waals surface area contributed by atoms with E-state index in [0.717, 1.165) is 5.56 Å². The Morgan fingerprint density at radius 3 is 2.65 bits per heavy atom. The van der Waals surface area contributed by atoms with Crippen LogP contribution in [0.1, 0.15) is 11.1 Å². The first-order valence-corrected chi connectivity index (χ1v) is 5.24. The zero-order valence-electron chi connectivity index (χ0n) is 9.47. The van der Waals surface area contributed by atoms with Crippen LogP contribution in [0.25, 0.3) is 0 Å². The molecule has 0 amide bonds. The van der Waals surface area contributed by atoms with E-state index < -0.39 is 0 Å². The number of ether oxygens (including phenoxy) is 1. The van der Waals surface area contributed by atoms with Crippen molar-refractivity contribution < 1.29 is 4.74 Å². The Balaban J connectivity index is 2.35. The number of nitrogens with two attached hydrogens (primary N) is 1. The van der Waals surface area contributed by atoms with Gasteiger partial charge in [-0.3, -0.25) is 0 Å². The van der Waals surface area contributed by atoms with Gasteiger partial charge in [-0.2, -0.15) is 5.26 Å². The van der Waals surface area contributed by atoms with Gasteiger partial charge in [0.25, 0.3) is 0 Å². The predicted molar refractivity (Wildman–Crippen MR) is 66.8 cm³/mol. The standard InChI is InChI=1S/C14H12N2O/c1-10-4-2-7-13(16)14(10)17-12-6-3-5-11(8-12)9-15/h2-8H,16H2,1H3. The molecule has 0 radical (unpaired) electrons. The largest absolute Gasteiger partial charge is 0.455 e. The van der Waals surface area contributed by atoms with E-state index in [9.17, 15) is 0 Å². The minimum absolute atomic E-state index is 0.564. The summed E-state index contributed by atoms with van der Waals surface area (Å²) in [5.41, 5.74) is 7.97. The van der Waals surface area contributed by atoms with E-state index in [1.54, 1.807) is 30.3 Å². The van der Waals surface area contributed by atoms with Gasteiger partial charge < -0.3 is 10.5 Å². The van der Waals surface area contributed by atoms with E-state index in [4.69, 9.17) is 15.7 Å². The summed E-state index contributed by atoms with van der Waals surface area (Å²) in [6.07, 6.45) is 0. The average Bonchev–Trinajstić information content (AvgIpc) is 2.34. The minimum atomic E-state index is 0.564. The van der Waals surface area contributed by atoms with Crippen molar-refractivity contribution >= 4 is 5.69 Å². The molecule has 17 heavy (non-hydrogen) atoms. The topological polar surface area (TPSA) is 59.0 Å². The predicted octanol–water partition coefficient (Wildman–Crippen LogP) is 3.24. The molecule has 0 fully saturated rings. The number of hydrogen-bond donors (Lipinski definition) is 1. The minimum Gasteiger partial charge on any atom is -0.455 e. The van der Waals surface area contributed by atoms with Crippen molar-refractivity contribution in [3.8, 4) is 17.6 Å². The zero-order chi connectivity index (χ0) is 12.3. The number of rotatable bonds is 2. The molecule has 2 rings (SSSR count). The van der Waals surface area contributed by atoms with Crippen LogP contribution in [0.2, 0.25) is 0 Å². The van der Waals surface area contributed by atoms with Crippen LogP contribution < -0.4 is 10.5 Å². The Hall–Kier alpha value is -2.47. The molecule has 0 spiro atoms. The van der Waals surface area contributed by atoms with E-state index >= 15 is 0 Å². The van der Waals surface area contributed by atoms with Gasteiger partial charge in [0, 0.05) is 0 Å². The fourth-order valence-corrected chi connectivity index (χ4v) is 1.56. The number of para-hydroxylation sites is 1. The summed E-state index contributed by atoms with van der Waals surface area (Å²) < 4.78 is 5.71. The lowest BCUT2D eigenvalue weighted by Crippen LogP contribution is -1.94. The second-order valence-corrected chi connectivity index (χ2v) is 3.73. The molecule has 0 saturated heterocycles. The molecular weight excluding hydrogens is 212 g/mol. The Kier molecular flexibility index (Phi) is 2.97. The molecule has 0 aliphatic rings. The molecule has 0 aromatic heterocycles. The highest BCUT2D eigenvalue weighted by molar-refractivity contribution is 5.58. The van der Waals surface area contributed by atoms with Gasteiger partial charge >= 0.3 is 0 Å². The van der Waals surface area contributed by atoms with Gasteiger partial charge in [0.1, 0.15) is 5.75 Å². The molecule has 3 heteroatoms. The Bertz CT molecular complexity index is 565. The third-order valence-electron chi connectivity index (χ3n) is 2.43. The van der Waals surface area contributed by atoms with Gasteiger partial charge in [-0.05, 0) is 36.8 Å². The van der Waals surface area contributed by atoms with Crippen LogP contribution in [-0.2, 0) is 0 Å². The third-order valence-corrected chi connectivity index (χ3v) is 2.43. The van der Waals surface area contributed by atoms with Crippen molar-refractivity contribution in [1.29, 1.82) is 5.26 Å². The fourth-order valence-electron chi connectivity index (χ4n) is 1.56. The van der Waals surface area contributed by atoms with Crippen LogP contribution in [0, 0.1) is 18.3 Å². The van der Waals surface area contributed by atoms with Crippen molar-refractivity contribution in [3.05, 3.63) is 53.6 Å². The average molecular weight is 224 g/mol. The summed E-state index contributed by atoms with van der Waals surface area (Å²) in [6.45, 7) is 1.93. The molecular formula is C14H12N2O. The summed E-state index contributed by atoms with van der Waals surface area (Å²) in [6, 6.07) is 14.7. The molecule has 0 atom stereocenters. The summed E-state index contributed by atoms with van der Waals surface area (Å²) >= 11 is 0. The first-order chi connectivity index (χ1) is 8.20. The lowest BCUT2D eigenvalue weighted by Gasteiger charge is -2.11. The summed E-state index contributed by atoms with van der Waals surface area (Å²) in [5, 5.41) is 8.81. The Morgan fingerprint density at radius 1 is 1.18 bits per heavy atom. The highest BCUT2D eigenvalue weighted by atomic mass is 16.5. The SMILES string of the molecule is Cc1cccc(N)c1Oc1cccc(C#N)c1. The molecule has 2 N–H and O–H groups in total. The van der Waals surface area contributed by atoms with Gasteiger partial charge in [-0.1, -0.05) is 18.2 Å². The molecule has 0 saturated carbocycles. The van der Waals surface area contributed by atoms with Crippen molar-refractivity contribution in [1.82, 2.24) is 0 Å². The molecule has 0 heterocycles. The molecule has 2 aromatic carbocycles. The molecule has 0 aliphatic heterocycles. The van der Waals surface area contributed by atoms with Crippen LogP contribution in [-0.4, -0.2) is 0 Å². The highest BCUT2D eigenvalue weighted by Crippen LogP contribution is 2.30. The first-order valence-electron chi connectivity index (χ1n) is 5.24. The summed E-state index contributed by atoms with van der Waals surface area (Å²) in [7, 11) is 0. The summed E-state index contributed by atoms with van der Waals surface area (Å²) in [5.74, 6) is 1.26. The lowest BCUT2D eigenvalue weighted by molar-refractivity contribution is 0.481. The molecule has 84 valence electrons. The van der Waals surface area contributed by atoms with E-state index in [1.165, 1.54) is 0 Å². The van der Waals surface area contributed by atoms with Gasteiger partial charge in [-0.15, -0.1) is 0 Å². The third kappa shape index (κ3) is 2.37. The smallest absolute Gasteiger partial charge is 0.153 e. The van der Waals surface area contributed by atoms with E-state index in [2.05, 4.69) is 6.07 Å². The van der Waals surface area contributed by atoms with E-state index in [1.807, 2.05) is 19.1 Å². The lowest BCUT2D eigenvalue weighted by atomic mass is 10.2. The second-order valence-electron chi connectivity index (χ2n) is 3.73. The van der Waals surface area contributed by atoms with Crippen molar-refractivity contribution in [2.45, 2.75) is 6.92 Å². The maximum absolute atomic E-state index is 8.81. The zero-order valence-corrected chi connectivity index (χ0v) is 9.47. The van der Waals surface area contributed by atoms with Crippen LogP contribution >= 0.6 is 0 Å². The number of aryl methyl sites for hydroxylation is 1. The summed E-state index contributed by atoms with van der Waals surface area (Å²) in [4.78, 5) is 0. The fraction of sp³-hybridized carbons (Fsp3) is 0.0714. The highest BCUT2D eigenvalue weighted by Gasteiger charge is 2.05.